The van der Waals surface area contributed by atoms with E-state index in [9.17, 15) is 14.7 Å². The summed E-state index contributed by atoms with van der Waals surface area (Å²) in [6, 6.07) is 5.38. The Kier molecular flexibility index (Phi) is 3.73. The van der Waals surface area contributed by atoms with Crippen molar-refractivity contribution in [1.29, 1.82) is 0 Å². The van der Waals surface area contributed by atoms with Crippen LogP contribution in [0.15, 0.2) is 29.6 Å². The number of carboxylic acids is 1. The Morgan fingerprint density at radius 2 is 2.00 bits per heavy atom. The highest BCUT2D eigenvalue weighted by molar-refractivity contribution is 7.12. The Hall–Kier alpha value is -2.05. The normalized spacial score (nSPS) is 10.2. The average Bonchev–Trinajstić information content (AvgIpc) is 2.75. The highest BCUT2D eigenvalue weighted by atomic mass is 35.5. The Balaban J connectivity index is 2.21. The molecule has 0 radical (unpaired) electrons. The highest BCUT2D eigenvalue weighted by Crippen LogP contribution is 2.25. The first-order valence-corrected chi connectivity index (χ1v) is 6.35. The van der Waals surface area contributed by atoms with E-state index >= 15 is 0 Å². The van der Waals surface area contributed by atoms with Crippen LogP contribution in [0.3, 0.4) is 0 Å². The van der Waals surface area contributed by atoms with Gasteiger partial charge in [0.1, 0.15) is 16.2 Å². The monoisotopic (exact) mass is 297 g/mol. The van der Waals surface area contributed by atoms with Crippen LogP contribution >= 0.6 is 22.9 Å². The third-order valence-electron chi connectivity index (χ3n) is 2.31. The van der Waals surface area contributed by atoms with Crippen LogP contribution in [0.4, 0.5) is 5.69 Å². The smallest absolute Gasteiger partial charge is 0.339 e. The van der Waals surface area contributed by atoms with E-state index in [1.54, 1.807) is 11.4 Å². The molecule has 98 valence electrons. The van der Waals surface area contributed by atoms with Gasteiger partial charge >= 0.3 is 5.97 Å². The van der Waals surface area contributed by atoms with Crippen molar-refractivity contribution in [3.8, 4) is 5.75 Å². The van der Waals surface area contributed by atoms with Crippen LogP contribution in [0, 0.1) is 0 Å². The zero-order chi connectivity index (χ0) is 14.0. The number of thiophene rings is 1. The van der Waals surface area contributed by atoms with Crippen molar-refractivity contribution < 1.29 is 19.8 Å². The number of carbonyl (C=O) groups excluding carboxylic acids is 1. The Morgan fingerprint density at radius 3 is 2.53 bits per heavy atom. The first-order valence-electron chi connectivity index (χ1n) is 5.09. The van der Waals surface area contributed by atoms with Gasteiger partial charge in [0, 0.05) is 11.8 Å². The van der Waals surface area contributed by atoms with Gasteiger partial charge in [-0.2, -0.15) is 0 Å². The van der Waals surface area contributed by atoms with Crippen LogP contribution in [0.2, 0.25) is 5.02 Å². The van der Waals surface area contributed by atoms with Crippen molar-refractivity contribution in [2.75, 3.05) is 5.32 Å². The highest BCUT2D eigenvalue weighted by Gasteiger charge is 2.14. The van der Waals surface area contributed by atoms with Gasteiger partial charge in [0.05, 0.1) is 5.02 Å². The van der Waals surface area contributed by atoms with Gasteiger partial charge < -0.3 is 15.5 Å². The lowest BCUT2D eigenvalue weighted by Crippen LogP contribution is -2.10. The molecule has 1 amide bonds. The number of anilines is 1. The second-order valence-corrected chi connectivity index (χ2v) is 4.91. The van der Waals surface area contributed by atoms with Gasteiger partial charge in [0.25, 0.3) is 5.91 Å². The molecule has 0 saturated heterocycles. The number of carbonyl (C=O) groups is 2. The molecule has 0 aliphatic carbocycles. The summed E-state index contributed by atoms with van der Waals surface area (Å²) in [6.45, 7) is 0. The van der Waals surface area contributed by atoms with E-state index in [1.807, 2.05) is 0 Å². The molecular weight excluding hydrogens is 290 g/mol. The lowest BCUT2D eigenvalue weighted by Gasteiger charge is -2.06. The zero-order valence-corrected chi connectivity index (χ0v) is 11.0. The molecule has 0 aliphatic rings. The fraction of sp³-hybridized carbons (Fsp3) is 0. The van der Waals surface area contributed by atoms with Crippen molar-refractivity contribution in [3.63, 3.8) is 0 Å². The van der Waals surface area contributed by atoms with Gasteiger partial charge in [-0.3, -0.25) is 4.79 Å². The van der Waals surface area contributed by atoms with Crippen LogP contribution in [0.1, 0.15) is 20.0 Å². The fourth-order valence-electron chi connectivity index (χ4n) is 1.43. The van der Waals surface area contributed by atoms with Gasteiger partial charge in [-0.05, 0) is 23.6 Å². The molecule has 0 fully saturated rings. The lowest BCUT2D eigenvalue weighted by molar-refractivity contribution is 0.0693. The van der Waals surface area contributed by atoms with Gasteiger partial charge in [-0.15, -0.1) is 11.3 Å². The fourth-order valence-corrected chi connectivity index (χ4v) is 2.47. The molecule has 0 atom stereocenters. The molecule has 2 rings (SSSR count). The van der Waals surface area contributed by atoms with Crippen molar-refractivity contribution in [2.45, 2.75) is 0 Å². The first-order chi connectivity index (χ1) is 8.99. The number of nitrogens with one attached hydrogen (secondary N) is 1. The maximum Gasteiger partial charge on any atom is 0.339 e. The molecule has 2 aromatic rings. The zero-order valence-electron chi connectivity index (χ0n) is 9.38. The minimum Gasteiger partial charge on any atom is -0.507 e. The van der Waals surface area contributed by atoms with E-state index in [4.69, 9.17) is 16.7 Å². The largest absolute Gasteiger partial charge is 0.507 e. The summed E-state index contributed by atoms with van der Waals surface area (Å²) in [6.07, 6.45) is 0. The number of rotatable bonds is 3. The number of hydrogen-bond donors (Lipinski definition) is 3. The van der Waals surface area contributed by atoms with E-state index in [0.717, 1.165) is 0 Å². The van der Waals surface area contributed by atoms with E-state index in [2.05, 4.69) is 5.32 Å². The summed E-state index contributed by atoms with van der Waals surface area (Å²) in [5.41, 5.74) is 0.0594. The van der Waals surface area contributed by atoms with E-state index in [0.29, 0.717) is 9.90 Å². The molecule has 1 aromatic carbocycles. The molecule has 7 heteroatoms. The molecule has 0 bridgehead atoms. The molecule has 1 aromatic heterocycles. The number of aromatic carboxylic acids is 1. The van der Waals surface area contributed by atoms with Crippen LogP contribution < -0.4 is 5.32 Å². The number of aromatic hydroxyl groups is 1. The van der Waals surface area contributed by atoms with E-state index in [1.165, 1.54) is 29.5 Å². The van der Waals surface area contributed by atoms with Gasteiger partial charge in [-0.25, -0.2) is 4.79 Å². The molecule has 19 heavy (non-hydrogen) atoms. The Labute approximate surface area is 117 Å². The average molecular weight is 298 g/mol. The standard InChI is InChI=1S/C12H8ClNO4S/c13-8-3-4-19-10(8)11(16)14-6-1-2-7(12(17)18)9(15)5-6/h1-5,15H,(H,14,16)(H,17,18). The van der Waals surface area contributed by atoms with E-state index < -0.39 is 17.6 Å². The summed E-state index contributed by atoms with van der Waals surface area (Å²) in [5.74, 6) is -2.07. The summed E-state index contributed by atoms with van der Waals surface area (Å²) >= 11 is 7.01. The van der Waals surface area contributed by atoms with Gasteiger partial charge in [-0.1, -0.05) is 11.6 Å². The van der Waals surface area contributed by atoms with Crippen molar-refractivity contribution in [1.82, 2.24) is 0 Å². The number of benzene rings is 1. The first kappa shape index (κ1) is 13.4. The van der Waals surface area contributed by atoms with Crippen LogP contribution in [0.25, 0.3) is 0 Å². The van der Waals surface area contributed by atoms with Crippen molar-refractivity contribution in [3.05, 3.63) is 45.1 Å². The molecule has 1 heterocycles. The van der Waals surface area contributed by atoms with Crippen LogP contribution in [-0.4, -0.2) is 22.1 Å². The molecule has 5 nitrogen and oxygen atoms in total. The van der Waals surface area contributed by atoms with E-state index in [-0.39, 0.29) is 11.3 Å². The van der Waals surface area contributed by atoms with Crippen LogP contribution in [0.5, 0.6) is 5.75 Å². The lowest BCUT2D eigenvalue weighted by atomic mass is 10.2. The quantitative estimate of drug-likeness (QED) is 0.812. The minimum atomic E-state index is -1.24. The second-order valence-electron chi connectivity index (χ2n) is 3.59. The molecule has 0 saturated carbocycles. The number of hydrogen-bond acceptors (Lipinski definition) is 4. The predicted octanol–water partition coefficient (Wildman–Crippen LogP) is 3.06. The summed E-state index contributed by atoms with van der Waals surface area (Å²) in [7, 11) is 0. The second kappa shape index (κ2) is 5.29. The molecule has 0 aliphatic heterocycles. The Bertz CT molecular complexity index is 653. The number of carboxylic acid groups (broad SMARTS) is 1. The molecule has 0 spiro atoms. The summed E-state index contributed by atoms with van der Waals surface area (Å²) in [5, 5.41) is 22.8. The predicted molar refractivity (Wildman–Crippen MR) is 72.3 cm³/mol. The van der Waals surface area contributed by atoms with Gasteiger partial charge in [0.2, 0.25) is 0 Å². The molecule has 3 N–H and O–H groups in total. The number of phenols is 1. The molecule has 0 unspecified atom stereocenters. The van der Waals surface area contributed by atoms with Crippen molar-refractivity contribution in [2.24, 2.45) is 0 Å². The third kappa shape index (κ3) is 2.86. The number of halogens is 1. The third-order valence-corrected chi connectivity index (χ3v) is 3.65. The maximum atomic E-state index is 11.8. The summed E-state index contributed by atoms with van der Waals surface area (Å²) < 4.78 is 0. The number of amides is 1. The van der Waals surface area contributed by atoms with Gasteiger partial charge in [0.15, 0.2) is 0 Å². The summed E-state index contributed by atoms with van der Waals surface area (Å²) in [4.78, 5) is 22.9. The maximum absolute atomic E-state index is 11.8. The van der Waals surface area contributed by atoms with Crippen molar-refractivity contribution >= 4 is 40.5 Å². The minimum absolute atomic E-state index is 0.229. The topological polar surface area (TPSA) is 86.6 Å². The SMILES string of the molecule is O=C(O)c1ccc(NC(=O)c2sccc2Cl)cc1O. The van der Waals surface area contributed by atoms with Crippen LogP contribution in [-0.2, 0) is 0 Å². The molecular formula is C12H8ClNO4S. The Morgan fingerprint density at radius 1 is 1.26 bits per heavy atom.